The van der Waals surface area contributed by atoms with Crippen LogP contribution < -0.4 is 15.4 Å². The van der Waals surface area contributed by atoms with Crippen molar-refractivity contribution in [2.45, 2.75) is 13.0 Å². The summed E-state index contributed by atoms with van der Waals surface area (Å²) >= 11 is 0. The Bertz CT molecular complexity index is 965. The SMILES string of the molecule is C[C@H]1Oc2c(cccc2C(=O)Nc2ccnc3ccnn23)NC1=O. The number of carbonyl (C=O) groups excluding carboxylic acids is 2. The van der Waals surface area contributed by atoms with E-state index < -0.39 is 6.10 Å². The largest absolute Gasteiger partial charge is 0.478 e. The summed E-state index contributed by atoms with van der Waals surface area (Å²) in [5.41, 5.74) is 1.43. The highest BCUT2D eigenvalue weighted by atomic mass is 16.5. The summed E-state index contributed by atoms with van der Waals surface area (Å²) in [6.07, 6.45) is 2.53. The van der Waals surface area contributed by atoms with E-state index in [9.17, 15) is 9.59 Å². The molecule has 2 aromatic heterocycles. The molecule has 120 valence electrons. The van der Waals surface area contributed by atoms with E-state index in [4.69, 9.17) is 4.74 Å². The van der Waals surface area contributed by atoms with Crippen LogP contribution in [0, 0.1) is 0 Å². The van der Waals surface area contributed by atoms with E-state index in [1.165, 1.54) is 4.52 Å². The number of nitrogens with one attached hydrogen (secondary N) is 2. The molecule has 0 saturated carbocycles. The van der Waals surface area contributed by atoms with Gasteiger partial charge in [0.15, 0.2) is 17.5 Å². The number of hydrogen-bond donors (Lipinski definition) is 2. The van der Waals surface area contributed by atoms with Gasteiger partial charge in [0.05, 0.1) is 17.4 Å². The first-order valence-corrected chi connectivity index (χ1v) is 7.34. The molecular weight excluding hydrogens is 310 g/mol. The van der Waals surface area contributed by atoms with Crippen LogP contribution >= 0.6 is 0 Å². The van der Waals surface area contributed by atoms with E-state index in [0.717, 1.165) is 0 Å². The maximum atomic E-state index is 12.7. The number of rotatable bonds is 2. The molecule has 0 saturated heterocycles. The first-order chi connectivity index (χ1) is 11.6. The predicted octanol–water partition coefficient (Wildman–Crippen LogP) is 1.70. The fourth-order valence-corrected chi connectivity index (χ4v) is 2.52. The van der Waals surface area contributed by atoms with Gasteiger partial charge in [-0.1, -0.05) is 6.07 Å². The molecule has 2 amide bonds. The van der Waals surface area contributed by atoms with Crippen molar-refractivity contribution in [3.05, 3.63) is 48.3 Å². The molecule has 3 aromatic rings. The summed E-state index contributed by atoms with van der Waals surface area (Å²) in [5.74, 6) is 0.235. The van der Waals surface area contributed by atoms with Crippen molar-refractivity contribution in [2.24, 2.45) is 0 Å². The number of anilines is 2. The zero-order valence-electron chi connectivity index (χ0n) is 12.7. The highest BCUT2D eigenvalue weighted by Crippen LogP contribution is 2.33. The van der Waals surface area contributed by atoms with Crippen molar-refractivity contribution in [3.63, 3.8) is 0 Å². The molecule has 8 heteroatoms. The maximum absolute atomic E-state index is 12.7. The third kappa shape index (κ3) is 2.24. The lowest BCUT2D eigenvalue weighted by Crippen LogP contribution is -2.35. The van der Waals surface area contributed by atoms with Gasteiger partial charge in [-0.05, 0) is 25.1 Å². The number of para-hydroxylation sites is 1. The molecule has 0 aliphatic carbocycles. The Balaban J connectivity index is 1.70. The standard InChI is InChI=1S/C16H13N5O3/c1-9-15(22)19-11-4-2-3-10(14(11)24-9)16(23)20-13-5-7-17-12-6-8-18-21(12)13/h2-9H,1H3,(H,19,22)(H,20,23)/t9-/m1/s1. The van der Waals surface area contributed by atoms with E-state index >= 15 is 0 Å². The average molecular weight is 323 g/mol. The van der Waals surface area contributed by atoms with Crippen LogP contribution in [0.4, 0.5) is 11.5 Å². The van der Waals surface area contributed by atoms with Gasteiger partial charge < -0.3 is 15.4 Å². The number of carbonyl (C=O) groups is 2. The molecule has 0 radical (unpaired) electrons. The van der Waals surface area contributed by atoms with E-state index in [0.29, 0.717) is 28.5 Å². The Morgan fingerprint density at radius 3 is 3.04 bits per heavy atom. The molecule has 4 rings (SSSR count). The zero-order chi connectivity index (χ0) is 16.7. The van der Waals surface area contributed by atoms with Crippen LogP contribution in [0.2, 0.25) is 0 Å². The number of amides is 2. The summed E-state index contributed by atoms with van der Waals surface area (Å²) in [5, 5.41) is 9.64. The lowest BCUT2D eigenvalue weighted by Gasteiger charge is -2.25. The second-order valence-electron chi connectivity index (χ2n) is 5.32. The highest BCUT2D eigenvalue weighted by Gasteiger charge is 2.27. The van der Waals surface area contributed by atoms with E-state index in [1.54, 1.807) is 49.6 Å². The first kappa shape index (κ1) is 14.2. The van der Waals surface area contributed by atoms with Gasteiger partial charge in [0.2, 0.25) is 0 Å². The second-order valence-corrected chi connectivity index (χ2v) is 5.32. The summed E-state index contributed by atoms with van der Waals surface area (Å²) in [7, 11) is 0. The molecule has 1 atom stereocenters. The van der Waals surface area contributed by atoms with Crippen LogP contribution in [-0.4, -0.2) is 32.5 Å². The minimum Gasteiger partial charge on any atom is -0.478 e. The molecule has 0 unspecified atom stereocenters. The normalized spacial score (nSPS) is 16.2. The van der Waals surface area contributed by atoms with Crippen LogP contribution in [0.15, 0.2) is 42.7 Å². The number of nitrogens with zero attached hydrogens (tertiary/aromatic N) is 3. The number of hydrogen-bond acceptors (Lipinski definition) is 5. The molecule has 2 N–H and O–H groups in total. The number of aromatic nitrogens is 3. The van der Waals surface area contributed by atoms with E-state index in [2.05, 4.69) is 20.7 Å². The van der Waals surface area contributed by atoms with Crippen LogP contribution in [0.3, 0.4) is 0 Å². The monoisotopic (exact) mass is 323 g/mol. The summed E-state index contributed by atoms with van der Waals surface area (Å²) in [6, 6.07) is 8.40. The van der Waals surface area contributed by atoms with Crippen LogP contribution in [0.1, 0.15) is 17.3 Å². The third-order valence-corrected chi connectivity index (χ3v) is 3.71. The van der Waals surface area contributed by atoms with E-state index in [-0.39, 0.29) is 11.8 Å². The van der Waals surface area contributed by atoms with Gasteiger partial charge >= 0.3 is 0 Å². The lowest BCUT2D eigenvalue weighted by molar-refractivity contribution is -0.122. The molecule has 1 aromatic carbocycles. The fourth-order valence-electron chi connectivity index (χ4n) is 2.52. The molecular formula is C16H13N5O3. The molecule has 8 nitrogen and oxygen atoms in total. The van der Waals surface area contributed by atoms with Crippen molar-refractivity contribution in [1.29, 1.82) is 0 Å². The molecule has 3 heterocycles. The molecule has 1 aliphatic rings. The smallest absolute Gasteiger partial charge is 0.265 e. The van der Waals surface area contributed by atoms with Gasteiger partial charge in [-0.15, -0.1) is 0 Å². The minimum absolute atomic E-state index is 0.243. The van der Waals surface area contributed by atoms with Gasteiger partial charge in [0.1, 0.15) is 5.82 Å². The fraction of sp³-hybridized carbons (Fsp3) is 0.125. The van der Waals surface area contributed by atoms with Gasteiger partial charge in [-0.2, -0.15) is 9.61 Å². The summed E-state index contributed by atoms with van der Waals surface area (Å²) in [4.78, 5) is 28.5. The third-order valence-electron chi connectivity index (χ3n) is 3.71. The van der Waals surface area contributed by atoms with Gasteiger partial charge in [0, 0.05) is 12.3 Å². The van der Waals surface area contributed by atoms with Crippen molar-refractivity contribution < 1.29 is 14.3 Å². The van der Waals surface area contributed by atoms with E-state index in [1.807, 2.05) is 0 Å². The summed E-state index contributed by atoms with van der Waals surface area (Å²) in [6.45, 7) is 1.63. The van der Waals surface area contributed by atoms with Crippen molar-refractivity contribution in [1.82, 2.24) is 14.6 Å². The van der Waals surface area contributed by atoms with Crippen molar-refractivity contribution in [2.75, 3.05) is 10.6 Å². The number of fused-ring (bicyclic) bond motifs is 2. The Kier molecular flexibility index (Phi) is 3.16. The Labute approximate surface area is 136 Å². The van der Waals surface area contributed by atoms with Crippen molar-refractivity contribution in [3.8, 4) is 5.75 Å². The number of ether oxygens (including phenoxy) is 1. The lowest BCUT2D eigenvalue weighted by atomic mass is 10.1. The molecule has 0 bridgehead atoms. The number of benzene rings is 1. The average Bonchev–Trinajstić information content (AvgIpc) is 3.05. The van der Waals surface area contributed by atoms with Crippen LogP contribution in [0.5, 0.6) is 5.75 Å². The zero-order valence-corrected chi connectivity index (χ0v) is 12.7. The first-order valence-electron chi connectivity index (χ1n) is 7.34. The highest BCUT2D eigenvalue weighted by molar-refractivity contribution is 6.09. The summed E-state index contributed by atoms with van der Waals surface area (Å²) < 4.78 is 7.13. The molecule has 1 aliphatic heterocycles. The minimum atomic E-state index is -0.662. The topological polar surface area (TPSA) is 97.6 Å². The van der Waals surface area contributed by atoms with Gasteiger partial charge in [-0.3, -0.25) is 9.59 Å². The maximum Gasteiger partial charge on any atom is 0.265 e. The van der Waals surface area contributed by atoms with Crippen molar-refractivity contribution >= 4 is 29.0 Å². The Hall–Kier alpha value is -3.42. The predicted molar refractivity (Wildman–Crippen MR) is 86.1 cm³/mol. The Morgan fingerprint density at radius 1 is 1.29 bits per heavy atom. The van der Waals surface area contributed by atoms with Crippen LogP contribution in [-0.2, 0) is 4.79 Å². The van der Waals surface area contributed by atoms with Crippen LogP contribution in [0.25, 0.3) is 5.65 Å². The second kappa shape index (κ2) is 5.34. The Morgan fingerprint density at radius 2 is 2.17 bits per heavy atom. The quantitative estimate of drug-likeness (QED) is 0.748. The molecule has 24 heavy (non-hydrogen) atoms. The molecule has 0 spiro atoms. The van der Waals surface area contributed by atoms with Gasteiger partial charge in [-0.25, -0.2) is 4.98 Å². The molecule has 0 fully saturated rings. The van der Waals surface area contributed by atoms with Gasteiger partial charge in [0.25, 0.3) is 11.8 Å².